The van der Waals surface area contributed by atoms with E-state index in [1.54, 1.807) is 18.3 Å². The van der Waals surface area contributed by atoms with Gasteiger partial charge in [-0.3, -0.25) is 4.90 Å². The minimum absolute atomic E-state index is 0.274. The Kier molecular flexibility index (Phi) is 4.13. The number of nitriles is 1. The standard InChI is InChI=1S/C17H20N6O/c18-9-13-3-1-7-19-16(13)20-14-4-2-8-23(10-14)11-15-21-17(24-22-15)12-5-6-12/h1,3,7,12,14H,2,4-6,8,10-11H2,(H,19,20). The fourth-order valence-electron chi connectivity index (χ4n) is 3.15. The number of pyridine rings is 1. The van der Waals surface area contributed by atoms with Gasteiger partial charge in [0.2, 0.25) is 5.89 Å². The molecule has 2 aliphatic rings. The normalized spacial score (nSPS) is 21.4. The summed E-state index contributed by atoms with van der Waals surface area (Å²) >= 11 is 0. The smallest absolute Gasteiger partial charge is 0.229 e. The molecule has 1 aliphatic heterocycles. The molecular weight excluding hydrogens is 304 g/mol. The zero-order valence-electron chi connectivity index (χ0n) is 13.5. The number of anilines is 1. The third kappa shape index (κ3) is 3.39. The number of hydrogen-bond donors (Lipinski definition) is 1. The van der Waals surface area contributed by atoms with E-state index in [1.165, 1.54) is 12.8 Å². The zero-order valence-corrected chi connectivity index (χ0v) is 13.5. The molecule has 0 amide bonds. The summed E-state index contributed by atoms with van der Waals surface area (Å²) in [6.07, 6.45) is 6.21. The Labute approximate surface area is 140 Å². The molecule has 4 rings (SSSR count). The third-order valence-electron chi connectivity index (χ3n) is 4.55. The summed E-state index contributed by atoms with van der Waals surface area (Å²) in [6.45, 7) is 2.62. The van der Waals surface area contributed by atoms with E-state index < -0.39 is 0 Å². The van der Waals surface area contributed by atoms with E-state index in [4.69, 9.17) is 4.52 Å². The molecule has 0 radical (unpaired) electrons. The number of piperidine rings is 1. The van der Waals surface area contributed by atoms with Gasteiger partial charge in [-0.15, -0.1) is 0 Å². The number of likely N-dealkylation sites (tertiary alicyclic amines) is 1. The first-order valence-corrected chi connectivity index (χ1v) is 8.48. The van der Waals surface area contributed by atoms with Crippen LogP contribution in [-0.4, -0.2) is 39.2 Å². The summed E-state index contributed by atoms with van der Waals surface area (Å²) in [5.41, 5.74) is 0.585. The fourth-order valence-corrected chi connectivity index (χ4v) is 3.15. The average Bonchev–Trinajstić information content (AvgIpc) is 3.36. The third-order valence-corrected chi connectivity index (χ3v) is 4.55. The highest BCUT2D eigenvalue weighted by atomic mass is 16.5. The molecule has 7 nitrogen and oxygen atoms in total. The van der Waals surface area contributed by atoms with Gasteiger partial charge in [0.25, 0.3) is 0 Å². The minimum Gasteiger partial charge on any atom is -0.365 e. The molecule has 24 heavy (non-hydrogen) atoms. The van der Waals surface area contributed by atoms with Crippen molar-refractivity contribution in [2.45, 2.75) is 44.2 Å². The summed E-state index contributed by atoms with van der Waals surface area (Å²) in [5, 5.41) is 16.7. The van der Waals surface area contributed by atoms with Crippen molar-refractivity contribution in [3.8, 4) is 6.07 Å². The Balaban J connectivity index is 1.37. The van der Waals surface area contributed by atoms with E-state index in [2.05, 4.69) is 31.4 Å². The van der Waals surface area contributed by atoms with E-state index in [1.807, 2.05) is 0 Å². The second-order valence-electron chi connectivity index (χ2n) is 6.55. The quantitative estimate of drug-likeness (QED) is 0.902. The maximum Gasteiger partial charge on any atom is 0.229 e. The van der Waals surface area contributed by atoms with Crippen molar-refractivity contribution in [3.63, 3.8) is 0 Å². The molecule has 2 aromatic rings. The topological polar surface area (TPSA) is 90.9 Å². The fraction of sp³-hybridized carbons (Fsp3) is 0.529. The number of hydrogen-bond acceptors (Lipinski definition) is 7. The number of rotatable bonds is 5. The van der Waals surface area contributed by atoms with Crippen LogP contribution < -0.4 is 5.32 Å². The molecule has 3 heterocycles. The number of aromatic nitrogens is 3. The van der Waals surface area contributed by atoms with Crippen LogP contribution in [0.25, 0.3) is 0 Å². The summed E-state index contributed by atoms with van der Waals surface area (Å²) < 4.78 is 5.33. The van der Waals surface area contributed by atoms with Gasteiger partial charge in [-0.1, -0.05) is 5.16 Å². The molecule has 124 valence electrons. The van der Waals surface area contributed by atoms with Crippen molar-refractivity contribution < 1.29 is 4.52 Å². The Hall–Kier alpha value is -2.46. The van der Waals surface area contributed by atoms with Gasteiger partial charge in [-0.05, 0) is 44.4 Å². The van der Waals surface area contributed by atoms with Crippen LogP contribution in [0.1, 0.15) is 48.9 Å². The summed E-state index contributed by atoms with van der Waals surface area (Å²) in [7, 11) is 0. The van der Waals surface area contributed by atoms with Crippen LogP contribution in [0.5, 0.6) is 0 Å². The van der Waals surface area contributed by atoms with E-state index in [9.17, 15) is 5.26 Å². The lowest BCUT2D eigenvalue weighted by Crippen LogP contribution is -2.42. The van der Waals surface area contributed by atoms with Crippen LogP contribution in [0.2, 0.25) is 0 Å². The molecule has 2 fully saturated rings. The SMILES string of the molecule is N#Cc1cccnc1NC1CCCN(Cc2noc(C3CC3)n2)C1. The van der Waals surface area contributed by atoms with Gasteiger partial charge in [0, 0.05) is 24.7 Å². The van der Waals surface area contributed by atoms with Gasteiger partial charge in [-0.25, -0.2) is 4.98 Å². The van der Waals surface area contributed by atoms with E-state index >= 15 is 0 Å². The zero-order chi connectivity index (χ0) is 16.4. The van der Waals surface area contributed by atoms with Crippen LogP contribution in [0.15, 0.2) is 22.9 Å². The van der Waals surface area contributed by atoms with Crippen molar-refractivity contribution in [1.29, 1.82) is 5.26 Å². The Morgan fingerprint density at radius 3 is 3.12 bits per heavy atom. The van der Waals surface area contributed by atoms with Crippen LogP contribution in [-0.2, 0) is 6.54 Å². The molecule has 1 saturated carbocycles. The second-order valence-corrected chi connectivity index (χ2v) is 6.55. The lowest BCUT2D eigenvalue weighted by Gasteiger charge is -2.32. The molecule has 2 aromatic heterocycles. The summed E-state index contributed by atoms with van der Waals surface area (Å²) in [4.78, 5) is 11.1. The largest absolute Gasteiger partial charge is 0.365 e. The van der Waals surface area contributed by atoms with E-state index in [0.717, 1.165) is 37.6 Å². The summed E-state index contributed by atoms with van der Waals surface area (Å²) in [5.74, 6) is 2.73. The first-order valence-electron chi connectivity index (χ1n) is 8.48. The van der Waals surface area contributed by atoms with Crippen molar-refractivity contribution in [2.24, 2.45) is 0 Å². The van der Waals surface area contributed by atoms with Crippen LogP contribution >= 0.6 is 0 Å². The predicted octanol–water partition coefficient (Wildman–Crippen LogP) is 2.29. The monoisotopic (exact) mass is 324 g/mol. The van der Waals surface area contributed by atoms with Gasteiger partial charge >= 0.3 is 0 Å². The Morgan fingerprint density at radius 1 is 1.38 bits per heavy atom. The number of nitrogens with zero attached hydrogens (tertiary/aromatic N) is 5. The van der Waals surface area contributed by atoms with Crippen molar-refractivity contribution in [2.75, 3.05) is 18.4 Å². The highest BCUT2D eigenvalue weighted by Crippen LogP contribution is 2.38. The van der Waals surface area contributed by atoms with Gasteiger partial charge < -0.3 is 9.84 Å². The molecule has 1 N–H and O–H groups in total. The number of nitrogens with one attached hydrogen (secondary N) is 1. The maximum atomic E-state index is 9.18. The van der Waals surface area contributed by atoms with Crippen molar-refractivity contribution in [1.82, 2.24) is 20.0 Å². The molecule has 1 saturated heterocycles. The molecule has 0 bridgehead atoms. The highest BCUT2D eigenvalue weighted by Gasteiger charge is 2.30. The van der Waals surface area contributed by atoms with Gasteiger partial charge in [0.15, 0.2) is 5.82 Å². The van der Waals surface area contributed by atoms with Crippen LogP contribution in [0.4, 0.5) is 5.82 Å². The van der Waals surface area contributed by atoms with Crippen molar-refractivity contribution >= 4 is 5.82 Å². The van der Waals surface area contributed by atoms with Gasteiger partial charge in [0.1, 0.15) is 11.9 Å². The summed E-state index contributed by atoms with van der Waals surface area (Å²) in [6, 6.07) is 6.03. The lowest BCUT2D eigenvalue weighted by molar-refractivity contribution is 0.201. The van der Waals surface area contributed by atoms with Crippen LogP contribution in [0, 0.1) is 11.3 Å². The Morgan fingerprint density at radius 2 is 2.29 bits per heavy atom. The molecule has 0 spiro atoms. The molecular formula is C17H20N6O. The van der Waals surface area contributed by atoms with Crippen LogP contribution in [0.3, 0.4) is 0 Å². The van der Waals surface area contributed by atoms with E-state index in [0.29, 0.717) is 23.8 Å². The molecule has 1 unspecified atom stereocenters. The molecule has 1 aliphatic carbocycles. The van der Waals surface area contributed by atoms with Crippen molar-refractivity contribution in [3.05, 3.63) is 35.6 Å². The van der Waals surface area contributed by atoms with Gasteiger partial charge in [-0.2, -0.15) is 10.2 Å². The first-order chi connectivity index (χ1) is 11.8. The van der Waals surface area contributed by atoms with Gasteiger partial charge in [0.05, 0.1) is 12.1 Å². The highest BCUT2D eigenvalue weighted by molar-refractivity contribution is 5.51. The average molecular weight is 324 g/mol. The Bertz CT molecular complexity index is 748. The molecule has 7 heteroatoms. The first kappa shape index (κ1) is 15.1. The second kappa shape index (κ2) is 6.57. The molecule has 0 aromatic carbocycles. The molecule has 1 atom stereocenters. The minimum atomic E-state index is 0.274. The maximum absolute atomic E-state index is 9.18. The van der Waals surface area contributed by atoms with E-state index in [-0.39, 0.29) is 6.04 Å². The predicted molar refractivity (Wildman–Crippen MR) is 87.1 cm³/mol. The lowest BCUT2D eigenvalue weighted by atomic mass is 10.1.